The summed E-state index contributed by atoms with van der Waals surface area (Å²) < 4.78 is 27.0. The summed E-state index contributed by atoms with van der Waals surface area (Å²) in [4.78, 5) is 14.9. The zero-order valence-electron chi connectivity index (χ0n) is 17.0. The van der Waals surface area contributed by atoms with E-state index in [2.05, 4.69) is 10.2 Å². The van der Waals surface area contributed by atoms with Crippen molar-refractivity contribution in [2.45, 2.75) is 37.8 Å². The molecule has 1 N–H and O–H groups in total. The lowest BCUT2D eigenvalue weighted by Gasteiger charge is -2.34. The minimum Gasteiger partial charge on any atom is -0.350 e. The summed E-state index contributed by atoms with van der Waals surface area (Å²) in [5.74, 6) is -0.0556. The first-order valence-electron chi connectivity index (χ1n) is 10.1. The van der Waals surface area contributed by atoms with Gasteiger partial charge >= 0.3 is 0 Å². The van der Waals surface area contributed by atoms with Crippen LogP contribution in [0, 0.1) is 0 Å². The maximum atomic E-state index is 12.7. The number of piperazine rings is 1. The highest BCUT2D eigenvalue weighted by molar-refractivity contribution is 7.89. The normalized spacial score (nSPS) is 17.0. The molecule has 0 spiro atoms. The van der Waals surface area contributed by atoms with E-state index >= 15 is 0 Å². The molecule has 6 nitrogen and oxygen atoms in total. The summed E-state index contributed by atoms with van der Waals surface area (Å²) in [5, 5.41) is 2.99. The van der Waals surface area contributed by atoms with Gasteiger partial charge in [-0.05, 0) is 43.2 Å². The third-order valence-corrected chi connectivity index (χ3v) is 7.21. The number of hydrogen-bond acceptors (Lipinski definition) is 4. The second kappa shape index (κ2) is 9.52. The van der Waals surface area contributed by atoms with Crippen LogP contribution in [0.5, 0.6) is 0 Å². The number of carbonyl (C=O) groups excluding carboxylic acids is 1. The van der Waals surface area contributed by atoms with Gasteiger partial charge in [0.15, 0.2) is 0 Å². The molecular formula is C22H29N3O3S. The van der Waals surface area contributed by atoms with Gasteiger partial charge in [0.25, 0.3) is 5.91 Å². The number of benzene rings is 2. The molecule has 1 aliphatic rings. The van der Waals surface area contributed by atoms with Gasteiger partial charge in [0, 0.05) is 44.3 Å². The molecule has 2 aromatic carbocycles. The molecule has 2 aromatic rings. The van der Waals surface area contributed by atoms with Gasteiger partial charge in [-0.3, -0.25) is 9.69 Å². The minimum absolute atomic E-state index is 0.0556. The summed E-state index contributed by atoms with van der Waals surface area (Å²) in [6.45, 7) is 6.98. The SMILES string of the molecule is CCC(C)NC(=O)c1cccc(CN2CCN(S(=O)(=O)c3ccccc3)CC2)c1. The van der Waals surface area contributed by atoms with Gasteiger partial charge in [0.1, 0.15) is 0 Å². The van der Waals surface area contributed by atoms with E-state index in [0.29, 0.717) is 43.2 Å². The van der Waals surface area contributed by atoms with Crippen molar-refractivity contribution in [3.63, 3.8) is 0 Å². The van der Waals surface area contributed by atoms with E-state index in [1.165, 1.54) is 0 Å². The Bertz CT molecular complexity index is 923. The van der Waals surface area contributed by atoms with Gasteiger partial charge in [0.05, 0.1) is 4.90 Å². The summed E-state index contributed by atoms with van der Waals surface area (Å²) in [7, 11) is -3.44. The van der Waals surface area contributed by atoms with E-state index < -0.39 is 10.0 Å². The largest absolute Gasteiger partial charge is 0.350 e. The van der Waals surface area contributed by atoms with Crippen LogP contribution in [0.1, 0.15) is 36.2 Å². The Balaban J connectivity index is 1.59. The van der Waals surface area contributed by atoms with Crippen LogP contribution in [-0.2, 0) is 16.6 Å². The molecule has 0 aromatic heterocycles. The Morgan fingerprint density at radius 1 is 1.03 bits per heavy atom. The second-order valence-electron chi connectivity index (χ2n) is 7.48. The molecule has 1 heterocycles. The van der Waals surface area contributed by atoms with Crippen LogP contribution in [0.15, 0.2) is 59.5 Å². The van der Waals surface area contributed by atoms with E-state index in [0.717, 1.165) is 12.0 Å². The number of nitrogens with zero attached hydrogens (tertiary/aromatic N) is 2. The van der Waals surface area contributed by atoms with Crippen LogP contribution in [0.4, 0.5) is 0 Å². The Morgan fingerprint density at radius 2 is 1.72 bits per heavy atom. The molecule has 1 saturated heterocycles. The molecule has 29 heavy (non-hydrogen) atoms. The number of amides is 1. The third kappa shape index (κ3) is 5.44. The predicted molar refractivity (Wildman–Crippen MR) is 114 cm³/mol. The Kier molecular flexibility index (Phi) is 7.05. The first kappa shape index (κ1) is 21.5. The molecule has 1 unspecified atom stereocenters. The summed E-state index contributed by atoms with van der Waals surface area (Å²) in [6, 6.07) is 16.4. The van der Waals surface area contributed by atoms with Crippen molar-refractivity contribution < 1.29 is 13.2 Å². The molecule has 0 bridgehead atoms. The monoisotopic (exact) mass is 415 g/mol. The maximum Gasteiger partial charge on any atom is 0.251 e. The van der Waals surface area contributed by atoms with Crippen molar-refractivity contribution in [2.24, 2.45) is 0 Å². The maximum absolute atomic E-state index is 12.7. The van der Waals surface area contributed by atoms with E-state index in [1.807, 2.05) is 44.2 Å². The van der Waals surface area contributed by atoms with Crippen LogP contribution in [-0.4, -0.2) is 55.8 Å². The Hall–Kier alpha value is -2.22. The van der Waals surface area contributed by atoms with E-state index in [-0.39, 0.29) is 11.9 Å². The fourth-order valence-electron chi connectivity index (χ4n) is 3.35. The molecule has 0 saturated carbocycles. The van der Waals surface area contributed by atoms with Gasteiger partial charge in [-0.25, -0.2) is 8.42 Å². The summed E-state index contributed by atoms with van der Waals surface area (Å²) in [5.41, 5.74) is 1.72. The summed E-state index contributed by atoms with van der Waals surface area (Å²) in [6.07, 6.45) is 0.890. The predicted octanol–water partition coefficient (Wildman–Crippen LogP) is 2.72. The van der Waals surface area contributed by atoms with Crippen LogP contribution in [0.3, 0.4) is 0 Å². The summed E-state index contributed by atoms with van der Waals surface area (Å²) >= 11 is 0. The molecule has 156 valence electrons. The first-order chi connectivity index (χ1) is 13.9. The average Bonchev–Trinajstić information content (AvgIpc) is 2.75. The Labute approximate surface area is 173 Å². The Morgan fingerprint density at radius 3 is 2.38 bits per heavy atom. The average molecular weight is 416 g/mol. The fourth-order valence-corrected chi connectivity index (χ4v) is 4.79. The smallest absolute Gasteiger partial charge is 0.251 e. The van der Waals surface area contributed by atoms with E-state index in [9.17, 15) is 13.2 Å². The number of rotatable bonds is 7. The number of nitrogens with one attached hydrogen (secondary N) is 1. The van der Waals surface area contributed by atoms with Crippen molar-refractivity contribution in [3.8, 4) is 0 Å². The van der Waals surface area contributed by atoms with Crippen LogP contribution < -0.4 is 5.32 Å². The van der Waals surface area contributed by atoms with Crippen molar-refractivity contribution >= 4 is 15.9 Å². The molecule has 7 heteroatoms. The molecule has 1 aliphatic heterocycles. The zero-order chi connectivity index (χ0) is 20.9. The van der Waals surface area contributed by atoms with Crippen molar-refractivity contribution in [3.05, 3.63) is 65.7 Å². The zero-order valence-corrected chi connectivity index (χ0v) is 17.9. The molecule has 1 amide bonds. The van der Waals surface area contributed by atoms with Gasteiger partial charge in [-0.2, -0.15) is 4.31 Å². The molecule has 3 rings (SSSR count). The quantitative estimate of drug-likeness (QED) is 0.755. The van der Waals surface area contributed by atoms with Crippen LogP contribution in [0.25, 0.3) is 0 Å². The number of carbonyl (C=O) groups is 1. The second-order valence-corrected chi connectivity index (χ2v) is 9.41. The standard InChI is InChI=1S/C22H29N3O3S/c1-3-18(2)23-22(26)20-9-7-8-19(16-20)17-24-12-14-25(15-13-24)29(27,28)21-10-5-4-6-11-21/h4-11,16,18H,3,12-15,17H2,1-2H3,(H,23,26). The number of hydrogen-bond donors (Lipinski definition) is 1. The lowest BCUT2D eigenvalue weighted by molar-refractivity contribution is 0.0939. The van der Waals surface area contributed by atoms with Crippen LogP contribution >= 0.6 is 0 Å². The van der Waals surface area contributed by atoms with Crippen LogP contribution in [0.2, 0.25) is 0 Å². The lowest BCUT2D eigenvalue weighted by atomic mass is 10.1. The molecular weight excluding hydrogens is 386 g/mol. The van der Waals surface area contributed by atoms with Gasteiger partial charge in [-0.1, -0.05) is 37.3 Å². The minimum atomic E-state index is -3.44. The highest BCUT2D eigenvalue weighted by Gasteiger charge is 2.28. The van der Waals surface area contributed by atoms with E-state index in [1.54, 1.807) is 28.6 Å². The molecule has 0 radical (unpaired) electrons. The van der Waals surface area contributed by atoms with Crippen molar-refractivity contribution in [1.29, 1.82) is 0 Å². The van der Waals surface area contributed by atoms with Crippen molar-refractivity contribution in [2.75, 3.05) is 26.2 Å². The van der Waals surface area contributed by atoms with Crippen molar-refractivity contribution in [1.82, 2.24) is 14.5 Å². The highest BCUT2D eigenvalue weighted by Crippen LogP contribution is 2.18. The van der Waals surface area contributed by atoms with Gasteiger partial charge in [0.2, 0.25) is 10.0 Å². The molecule has 0 aliphatic carbocycles. The molecule has 1 atom stereocenters. The number of sulfonamides is 1. The fraction of sp³-hybridized carbons (Fsp3) is 0.409. The third-order valence-electron chi connectivity index (χ3n) is 5.30. The van der Waals surface area contributed by atoms with Gasteiger partial charge in [-0.15, -0.1) is 0 Å². The van der Waals surface area contributed by atoms with E-state index in [4.69, 9.17) is 0 Å². The lowest BCUT2D eigenvalue weighted by Crippen LogP contribution is -2.48. The highest BCUT2D eigenvalue weighted by atomic mass is 32.2. The van der Waals surface area contributed by atoms with Gasteiger partial charge < -0.3 is 5.32 Å². The molecule has 1 fully saturated rings. The topological polar surface area (TPSA) is 69.7 Å². The first-order valence-corrected chi connectivity index (χ1v) is 11.5.